The van der Waals surface area contributed by atoms with Crippen molar-refractivity contribution in [2.24, 2.45) is 0 Å². The molecule has 9 heteroatoms. The molecular formula is C11H16N4O4S. The molecule has 0 saturated carbocycles. The Morgan fingerprint density at radius 3 is 2.55 bits per heavy atom. The molecule has 1 saturated heterocycles. The number of rotatable bonds is 4. The molecule has 8 nitrogen and oxygen atoms in total. The predicted molar refractivity (Wildman–Crippen MR) is 71.7 cm³/mol. The summed E-state index contributed by atoms with van der Waals surface area (Å²) in [6.45, 7) is 3.35. The molecule has 0 atom stereocenters. The van der Waals surface area contributed by atoms with Gasteiger partial charge in [-0.15, -0.1) is 0 Å². The molecule has 0 unspecified atom stereocenters. The normalized spacial score (nSPS) is 18.6. The molecule has 1 aliphatic rings. The van der Waals surface area contributed by atoms with Crippen LogP contribution in [-0.4, -0.2) is 37.0 Å². The number of piperidine rings is 1. The van der Waals surface area contributed by atoms with Gasteiger partial charge in [-0.1, -0.05) is 0 Å². The lowest BCUT2D eigenvalue weighted by Gasteiger charge is -2.34. The molecule has 0 bridgehead atoms. The second kappa shape index (κ2) is 5.43. The zero-order valence-electron chi connectivity index (χ0n) is 11.0. The SMILES string of the molecule is CC1(NS(=O)(=O)c2ccc([N+](=O)[O-])nc2)CCNCC1. The minimum absolute atomic E-state index is 0.0668. The maximum atomic E-state index is 12.2. The molecule has 0 aromatic carbocycles. The van der Waals surface area contributed by atoms with Gasteiger partial charge in [0.15, 0.2) is 6.20 Å². The van der Waals surface area contributed by atoms with Crippen LogP contribution in [0.15, 0.2) is 23.2 Å². The van der Waals surface area contributed by atoms with Crippen LogP contribution in [0.3, 0.4) is 0 Å². The van der Waals surface area contributed by atoms with E-state index in [-0.39, 0.29) is 10.7 Å². The minimum atomic E-state index is -3.72. The van der Waals surface area contributed by atoms with E-state index in [1.807, 2.05) is 6.92 Å². The van der Waals surface area contributed by atoms with Crippen molar-refractivity contribution >= 4 is 15.8 Å². The van der Waals surface area contributed by atoms with Gasteiger partial charge in [-0.3, -0.25) is 0 Å². The zero-order chi connectivity index (χ0) is 14.8. The Balaban J connectivity index is 2.19. The molecule has 0 radical (unpaired) electrons. The number of nitrogens with one attached hydrogen (secondary N) is 2. The zero-order valence-corrected chi connectivity index (χ0v) is 11.8. The van der Waals surface area contributed by atoms with Crippen molar-refractivity contribution in [1.29, 1.82) is 0 Å². The van der Waals surface area contributed by atoms with E-state index < -0.39 is 20.5 Å². The average Bonchev–Trinajstić information content (AvgIpc) is 2.38. The molecule has 0 spiro atoms. The standard InChI is InChI=1S/C11H16N4O4S/c1-11(4-6-12-7-5-11)14-20(18,19)9-2-3-10(13-8-9)15(16)17/h2-3,8,12,14H,4-7H2,1H3. The predicted octanol–water partition coefficient (Wildman–Crippen LogP) is 0.410. The molecule has 1 aliphatic heterocycles. The highest BCUT2D eigenvalue weighted by Crippen LogP contribution is 2.21. The first-order chi connectivity index (χ1) is 9.32. The largest absolute Gasteiger partial charge is 0.363 e. The first kappa shape index (κ1) is 14.8. The maximum absolute atomic E-state index is 12.2. The minimum Gasteiger partial charge on any atom is -0.358 e. The van der Waals surface area contributed by atoms with Crippen molar-refractivity contribution < 1.29 is 13.3 Å². The topological polar surface area (TPSA) is 114 Å². The number of nitro groups is 1. The number of pyridine rings is 1. The summed E-state index contributed by atoms with van der Waals surface area (Å²) in [5, 5.41) is 13.7. The van der Waals surface area contributed by atoms with Crippen LogP contribution in [0.1, 0.15) is 19.8 Å². The monoisotopic (exact) mass is 300 g/mol. The summed E-state index contributed by atoms with van der Waals surface area (Å²) >= 11 is 0. The highest BCUT2D eigenvalue weighted by Gasteiger charge is 2.32. The summed E-state index contributed by atoms with van der Waals surface area (Å²) in [7, 11) is -3.72. The van der Waals surface area contributed by atoms with E-state index >= 15 is 0 Å². The van der Waals surface area contributed by atoms with Crippen molar-refractivity contribution in [2.45, 2.75) is 30.2 Å². The first-order valence-corrected chi connectivity index (χ1v) is 7.66. The fourth-order valence-corrected chi connectivity index (χ4v) is 3.51. The van der Waals surface area contributed by atoms with E-state index in [1.54, 1.807) is 0 Å². The van der Waals surface area contributed by atoms with Gasteiger partial charge in [-0.25, -0.2) is 13.1 Å². The van der Waals surface area contributed by atoms with Gasteiger partial charge < -0.3 is 15.4 Å². The van der Waals surface area contributed by atoms with E-state index in [1.165, 1.54) is 6.07 Å². The summed E-state index contributed by atoms with van der Waals surface area (Å²) in [5.74, 6) is -0.378. The van der Waals surface area contributed by atoms with Gasteiger partial charge in [-0.2, -0.15) is 0 Å². The van der Waals surface area contributed by atoms with Crippen LogP contribution >= 0.6 is 0 Å². The lowest BCUT2D eigenvalue weighted by Crippen LogP contribution is -2.52. The van der Waals surface area contributed by atoms with E-state index in [9.17, 15) is 18.5 Å². The summed E-state index contributed by atoms with van der Waals surface area (Å²) < 4.78 is 27.1. The summed E-state index contributed by atoms with van der Waals surface area (Å²) in [6.07, 6.45) is 2.38. The van der Waals surface area contributed by atoms with Crippen molar-refractivity contribution in [1.82, 2.24) is 15.0 Å². The second-order valence-corrected chi connectivity index (χ2v) is 6.71. The third-order valence-electron chi connectivity index (χ3n) is 3.31. The Hall–Kier alpha value is -1.58. The van der Waals surface area contributed by atoms with E-state index in [2.05, 4.69) is 15.0 Å². The molecule has 20 heavy (non-hydrogen) atoms. The molecule has 1 fully saturated rings. The van der Waals surface area contributed by atoms with Gasteiger partial charge in [0.05, 0.1) is 0 Å². The van der Waals surface area contributed by atoms with Crippen LogP contribution in [0, 0.1) is 10.1 Å². The van der Waals surface area contributed by atoms with Crippen molar-refractivity contribution in [2.75, 3.05) is 13.1 Å². The van der Waals surface area contributed by atoms with Crippen LogP contribution < -0.4 is 10.0 Å². The van der Waals surface area contributed by atoms with Crippen LogP contribution in [0.4, 0.5) is 5.82 Å². The van der Waals surface area contributed by atoms with Crippen LogP contribution in [0.25, 0.3) is 0 Å². The van der Waals surface area contributed by atoms with Crippen LogP contribution in [0.5, 0.6) is 0 Å². The summed E-state index contributed by atoms with van der Waals surface area (Å²) in [4.78, 5) is 13.3. The van der Waals surface area contributed by atoms with Gasteiger partial charge in [0.25, 0.3) is 0 Å². The van der Waals surface area contributed by atoms with Gasteiger partial charge in [0.2, 0.25) is 10.0 Å². The Labute approximate surface area is 116 Å². The molecule has 2 N–H and O–H groups in total. The van der Waals surface area contributed by atoms with Crippen molar-refractivity contribution in [3.05, 3.63) is 28.4 Å². The third kappa shape index (κ3) is 3.30. The van der Waals surface area contributed by atoms with Crippen LogP contribution in [0.2, 0.25) is 0 Å². The molecular weight excluding hydrogens is 284 g/mol. The Bertz CT molecular complexity index is 593. The first-order valence-electron chi connectivity index (χ1n) is 6.18. The third-order valence-corrected chi connectivity index (χ3v) is 4.93. The molecule has 1 aromatic heterocycles. The Kier molecular flexibility index (Phi) is 4.02. The molecule has 0 amide bonds. The highest BCUT2D eigenvalue weighted by atomic mass is 32.2. The number of hydrogen-bond acceptors (Lipinski definition) is 6. The highest BCUT2D eigenvalue weighted by molar-refractivity contribution is 7.89. The van der Waals surface area contributed by atoms with Gasteiger partial charge >= 0.3 is 5.82 Å². The van der Waals surface area contributed by atoms with E-state index in [4.69, 9.17) is 0 Å². The fourth-order valence-electron chi connectivity index (χ4n) is 2.10. The second-order valence-electron chi connectivity index (χ2n) is 5.03. The fraction of sp³-hybridized carbons (Fsp3) is 0.545. The van der Waals surface area contributed by atoms with Gasteiger partial charge in [0, 0.05) is 11.6 Å². The smallest absolute Gasteiger partial charge is 0.358 e. The molecule has 2 rings (SSSR count). The molecule has 0 aliphatic carbocycles. The maximum Gasteiger partial charge on any atom is 0.363 e. The number of aromatic nitrogens is 1. The van der Waals surface area contributed by atoms with Gasteiger partial charge in [0.1, 0.15) is 4.90 Å². The van der Waals surface area contributed by atoms with E-state index in [0.29, 0.717) is 12.8 Å². The summed E-state index contributed by atoms with van der Waals surface area (Å²) in [6, 6.07) is 2.28. The lowest BCUT2D eigenvalue weighted by atomic mass is 9.92. The van der Waals surface area contributed by atoms with Crippen LogP contribution in [-0.2, 0) is 10.0 Å². The molecule has 110 valence electrons. The number of nitrogens with zero attached hydrogens (tertiary/aromatic N) is 2. The van der Waals surface area contributed by atoms with E-state index in [0.717, 1.165) is 25.4 Å². The quantitative estimate of drug-likeness (QED) is 0.615. The lowest BCUT2D eigenvalue weighted by molar-refractivity contribution is -0.389. The number of hydrogen-bond donors (Lipinski definition) is 2. The summed E-state index contributed by atoms with van der Waals surface area (Å²) in [5.41, 5.74) is -0.508. The van der Waals surface area contributed by atoms with Crippen molar-refractivity contribution in [3.8, 4) is 0 Å². The molecule has 1 aromatic rings. The average molecular weight is 300 g/mol. The van der Waals surface area contributed by atoms with Gasteiger partial charge in [-0.05, 0) is 48.8 Å². The molecule has 2 heterocycles. The number of sulfonamides is 1. The Morgan fingerprint density at radius 1 is 1.40 bits per heavy atom. The van der Waals surface area contributed by atoms with Crippen molar-refractivity contribution in [3.63, 3.8) is 0 Å². The Morgan fingerprint density at radius 2 is 2.05 bits per heavy atom.